The number of sulfonamides is 1. The van der Waals surface area contributed by atoms with Gasteiger partial charge >= 0.3 is 5.97 Å². The van der Waals surface area contributed by atoms with Crippen LogP contribution in [-0.4, -0.2) is 60.7 Å². The van der Waals surface area contributed by atoms with Crippen LogP contribution in [0, 0.1) is 0 Å². The smallest absolute Gasteiger partial charge is 0.303 e. The summed E-state index contributed by atoms with van der Waals surface area (Å²) < 4.78 is 27.5. The zero-order valence-corrected chi connectivity index (χ0v) is 22.3. The van der Waals surface area contributed by atoms with Crippen LogP contribution in [0.25, 0.3) is 0 Å². The van der Waals surface area contributed by atoms with Crippen molar-refractivity contribution in [3.63, 3.8) is 0 Å². The number of aliphatic carboxylic acids is 1. The zero-order valence-electron chi connectivity index (χ0n) is 20.0. The Morgan fingerprint density at radius 1 is 1.21 bits per heavy atom. The number of thiophene rings is 1. The van der Waals surface area contributed by atoms with Crippen molar-refractivity contribution in [2.24, 2.45) is 0 Å². The van der Waals surface area contributed by atoms with Gasteiger partial charge < -0.3 is 15.5 Å². The summed E-state index contributed by atoms with van der Waals surface area (Å²) in [5, 5.41) is 22.6. The summed E-state index contributed by atoms with van der Waals surface area (Å²) in [4.78, 5) is 10.7. The highest BCUT2D eigenvalue weighted by molar-refractivity contribution is 7.91. The van der Waals surface area contributed by atoms with E-state index in [4.69, 9.17) is 16.7 Å². The van der Waals surface area contributed by atoms with E-state index in [0.29, 0.717) is 22.7 Å². The Balaban J connectivity index is 1.84. The lowest BCUT2D eigenvalue weighted by atomic mass is 9.95. The monoisotopic (exact) mass is 530 g/mol. The van der Waals surface area contributed by atoms with E-state index in [1.807, 2.05) is 18.2 Å². The lowest BCUT2D eigenvalue weighted by molar-refractivity contribution is -0.137. The van der Waals surface area contributed by atoms with Crippen LogP contribution in [0.2, 0.25) is 4.34 Å². The Labute approximate surface area is 211 Å². The molecular formula is C24H35ClN2O5S2. The molecule has 0 aliphatic carbocycles. The number of carbonyl (C=O) groups is 1. The first-order valence-corrected chi connectivity index (χ1v) is 14.0. The van der Waals surface area contributed by atoms with E-state index >= 15 is 0 Å². The highest BCUT2D eigenvalue weighted by Gasteiger charge is 2.27. The quantitative estimate of drug-likeness (QED) is 0.319. The molecule has 3 N–H and O–H groups in total. The number of aliphatic hydroxyl groups is 1. The minimum Gasteiger partial charge on any atom is -0.481 e. The van der Waals surface area contributed by atoms with Crippen LogP contribution in [0.1, 0.15) is 50.7 Å². The topological polar surface area (TPSA) is 107 Å². The van der Waals surface area contributed by atoms with Crippen LogP contribution >= 0.6 is 22.9 Å². The van der Waals surface area contributed by atoms with Crippen molar-refractivity contribution in [3.8, 4) is 0 Å². The summed E-state index contributed by atoms with van der Waals surface area (Å²) in [6, 6.07) is 11.8. The molecule has 1 aromatic heterocycles. The number of β-amino-alcohol motifs (C(OH)–C–C–N with tert-alkyl or cyclic N) is 1. The highest BCUT2D eigenvalue weighted by Crippen LogP contribution is 2.33. The molecule has 0 saturated carbocycles. The minimum atomic E-state index is -3.81. The number of halogens is 1. The fourth-order valence-electron chi connectivity index (χ4n) is 3.58. The second kappa shape index (κ2) is 13.0. The molecule has 2 aromatic rings. The number of rotatable bonds is 15. The molecule has 0 aliphatic heterocycles. The van der Waals surface area contributed by atoms with E-state index < -0.39 is 22.1 Å². The fraction of sp³-hybridized carbons (Fsp3) is 0.542. The predicted octanol–water partition coefficient (Wildman–Crippen LogP) is 4.18. The third-order valence-corrected chi connectivity index (χ3v) is 9.34. The molecular weight excluding hydrogens is 496 g/mol. The predicted molar refractivity (Wildman–Crippen MR) is 137 cm³/mol. The lowest BCUT2D eigenvalue weighted by Crippen LogP contribution is -2.46. The Morgan fingerprint density at radius 3 is 2.53 bits per heavy atom. The second-order valence-corrected chi connectivity index (χ2v) is 13.1. The van der Waals surface area contributed by atoms with Gasteiger partial charge in [-0.15, -0.1) is 11.3 Å². The molecule has 1 unspecified atom stereocenters. The van der Waals surface area contributed by atoms with E-state index in [-0.39, 0.29) is 29.3 Å². The molecule has 1 aromatic carbocycles. The third-order valence-electron chi connectivity index (χ3n) is 5.63. The summed E-state index contributed by atoms with van der Waals surface area (Å²) in [6.45, 7) is 4.36. The molecule has 0 amide bonds. The average Bonchev–Trinajstić information content (AvgIpc) is 3.14. The van der Waals surface area contributed by atoms with Crippen molar-refractivity contribution in [3.05, 3.63) is 51.9 Å². The van der Waals surface area contributed by atoms with Crippen LogP contribution in [-0.2, 0) is 27.7 Å². The van der Waals surface area contributed by atoms with Crippen LogP contribution in [0.3, 0.4) is 0 Å². The van der Waals surface area contributed by atoms with E-state index in [2.05, 4.69) is 31.3 Å². The number of hydrogen-bond donors (Lipinski definition) is 3. The zero-order chi connectivity index (χ0) is 25.4. The SMILES string of the molecule is CN(CC(O)CNC(C)(C)CCCc1ccccc1)S(=O)(=O)c1cc(CCCC(=O)O)c(Cl)s1. The average molecular weight is 531 g/mol. The molecule has 190 valence electrons. The maximum atomic E-state index is 12.9. The highest BCUT2D eigenvalue weighted by atomic mass is 35.5. The van der Waals surface area contributed by atoms with Crippen molar-refractivity contribution in [2.75, 3.05) is 20.1 Å². The standard InChI is InChI=1S/C24H35ClN2O5S2/c1-24(2,14-8-11-18-9-5-4-6-10-18)26-16-20(28)17-27(3)34(31,32)22-15-19(23(25)33-22)12-7-13-21(29)30/h4-6,9-10,15,20,26,28H,7-8,11-14,16-17H2,1-3H3,(H,29,30). The molecule has 0 radical (unpaired) electrons. The Kier molecular flexibility index (Phi) is 11.0. The van der Waals surface area contributed by atoms with E-state index in [0.717, 1.165) is 34.9 Å². The van der Waals surface area contributed by atoms with Gasteiger partial charge in [0.25, 0.3) is 10.0 Å². The molecule has 10 heteroatoms. The van der Waals surface area contributed by atoms with Crippen molar-refractivity contribution in [1.29, 1.82) is 0 Å². The van der Waals surface area contributed by atoms with Crippen LogP contribution in [0.4, 0.5) is 0 Å². The first-order chi connectivity index (χ1) is 15.9. The van der Waals surface area contributed by atoms with Gasteiger partial charge in [0.1, 0.15) is 4.21 Å². The molecule has 7 nitrogen and oxygen atoms in total. The van der Waals surface area contributed by atoms with E-state index in [1.54, 1.807) is 0 Å². The maximum absolute atomic E-state index is 12.9. The van der Waals surface area contributed by atoms with Gasteiger partial charge in [-0.25, -0.2) is 8.42 Å². The summed E-state index contributed by atoms with van der Waals surface area (Å²) in [5.41, 5.74) is 1.72. The molecule has 0 saturated heterocycles. The van der Waals surface area contributed by atoms with E-state index in [1.165, 1.54) is 18.7 Å². The van der Waals surface area contributed by atoms with Crippen molar-refractivity contribution in [1.82, 2.24) is 9.62 Å². The minimum absolute atomic E-state index is 0.00401. The second-order valence-electron chi connectivity index (χ2n) is 9.15. The Morgan fingerprint density at radius 2 is 1.88 bits per heavy atom. The number of benzene rings is 1. The van der Waals surface area contributed by atoms with Gasteiger partial charge in [0.05, 0.1) is 10.4 Å². The first kappa shape index (κ1) is 28.7. The first-order valence-electron chi connectivity index (χ1n) is 11.3. The van der Waals surface area contributed by atoms with Gasteiger partial charge in [0.15, 0.2) is 0 Å². The number of aliphatic hydroxyl groups excluding tert-OH is 1. The van der Waals surface area contributed by atoms with Gasteiger partial charge in [-0.3, -0.25) is 4.79 Å². The van der Waals surface area contributed by atoms with Crippen LogP contribution in [0.15, 0.2) is 40.6 Å². The molecule has 1 heterocycles. The molecule has 2 rings (SSSR count). The van der Waals surface area contributed by atoms with Gasteiger partial charge in [-0.05, 0) is 63.1 Å². The summed E-state index contributed by atoms with van der Waals surface area (Å²) >= 11 is 7.14. The molecule has 0 bridgehead atoms. The van der Waals surface area contributed by atoms with Crippen molar-refractivity contribution in [2.45, 2.75) is 68.2 Å². The number of nitrogens with one attached hydrogen (secondary N) is 1. The van der Waals surface area contributed by atoms with E-state index in [9.17, 15) is 18.3 Å². The number of aryl methyl sites for hydroxylation is 2. The molecule has 1 atom stereocenters. The Bertz CT molecular complexity index is 1030. The largest absolute Gasteiger partial charge is 0.481 e. The lowest BCUT2D eigenvalue weighted by Gasteiger charge is -2.29. The molecule has 34 heavy (non-hydrogen) atoms. The van der Waals surface area contributed by atoms with Gasteiger partial charge in [-0.2, -0.15) is 4.31 Å². The Hall–Kier alpha value is -1.49. The maximum Gasteiger partial charge on any atom is 0.303 e. The third kappa shape index (κ3) is 9.28. The molecule has 0 aliphatic rings. The summed E-state index contributed by atoms with van der Waals surface area (Å²) in [6.07, 6.45) is 2.80. The normalized spacial score (nSPS) is 13.4. The van der Waals surface area contributed by atoms with Crippen molar-refractivity contribution < 1.29 is 23.4 Å². The van der Waals surface area contributed by atoms with Crippen LogP contribution in [0.5, 0.6) is 0 Å². The summed E-state index contributed by atoms with van der Waals surface area (Å²) in [7, 11) is -2.38. The number of carboxylic acid groups (broad SMARTS) is 1. The number of carboxylic acids is 1. The number of nitrogens with zero attached hydrogens (tertiary/aromatic N) is 1. The fourth-order valence-corrected chi connectivity index (χ4v) is 6.81. The van der Waals surface area contributed by atoms with Crippen molar-refractivity contribution >= 4 is 38.9 Å². The van der Waals surface area contributed by atoms with Gasteiger partial charge in [-0.1, -0.05) is 41.9 Å². The summed E-state index contributed by atoms with van der Waals surface area (Å²) in [5.74, 6) is -0.902. The number of hydrogen-bond acceptors (Lipinski definition) is 6. The van der Waals surface area contributed by atoms with Gasteiger partial charge in [0, 0.05) is 32.1 Å². The van der Waals surface area contributed by atoms with Gasteiger partial charge in [0.2, 0.25) is 0 Å². The molecule has 0 spiro atoms. The van der Waals surface area contributed by atoms with Crippen LogP contribution < -0.4 is 5.32 Å². The molecule has 0 fully saturated rings. The number of likely N-dealkylation sites (N-methyl/N-ethyl adjacent to an activating group) is 1.